The van der Waals surface area contributed by atoms with Crippen molar-refractivity contribution in [1.82, 2.24) is 10.6 Å². The molecule has 9 nitrogen and oxygen atoms in total. The Morgan fingerprint density at radius 3 is 2.45 bits per heavy atom. The van der Waals surface area contributed by atoms with E-state index in [4.69, 9.17) is 26.8 Å². The molecule has 0 aliphatic carbocycles. The van der Waals surface area contributed by atoms with E-state index in [0.717, 1.165) is 5.57 Å². The summed E-state index contributed by atoms with van der Waals surface area (Å²) in [5.74, 6) is -1.20. The van der Waals surface area contributed by atoms with Gasteiger partial charge in [0.2, 0.25) is 11.8 Å². The number of amides is 3. The largest absolute Gasteiger partial charge is 0.458 e. The van der Waals surface area contributed by atoms with Crippen molar-refractivity contribution in [3.8, 4) is 0 Å². The molecule has 1 aliphatic rings. The number of halogens is 1. The molecule has 40 heavy (non-hydrogen) atoms. The normalized spacial score (nSPS) is 18.9. The van der Waals surface area contributed by atoms with Gasteiger partial charge in [-0.1, -0.05) is 80.5 Å². The molecule has 0 bridgehead atoms. The van der Waals surface area contributed by atoms with Gasteiger partial charge in [-0.25, -0.2) is 9.59 Å². The number of hydrogen-bond donors (Lipinski definition) is 3. The molecule has 0 radical (unpaired) electrons. The van der Waals surface area contributed by atoms with Crippen molar-refractivity contribution in [1.29, 1.82) is 0 Å². The minimum Gasteiger partial charge on any atom is -0.458 e. The second kappa shape index (κ2) is 17.9. The zero-order chi connectivity index (χ0) is 30.2. The highest BCUT2D eigenvalue weighted by molar-refractivity contribution is 6.29. The summed E-state index contributed by atoms with van der Waals surface area (Å²) >= 11 is 5.83. The number of rotatable bonds is 14. The van der Waals surface area contributed by atoms with Gasteiger partial charge in [0.1, 0.15) is 18.2 Å². The smallest absolute Gasteiger partial charge is 0.404 e. The minimum atomic E-state index is -0.895. The van der Waals surface area contributed by atoms with Crippen molar-refractivity contribution in [2.45, 2.75) is 79.1 Å². The highest BCUT2D eigenvalue weighted by Gasteiger charge is 2.24. The Kier molecular flexibility index (Phi) is 15.4. The lowest BCUT2D eigenvalue weighted by Gasteiger charge is -2.25. The molecule has 0 aromatic carbocycles. The van der Waals surface area contributed by atoms with E-state index in [1.807, 2.05) is 45.9 Å². The summed E-state index contributed by atoms with van der Waals surface area (Å²) in [7, 11) is 0. The van der Waals surface area contributed by atoms with Gasteiger partial charge in [-0.15, -0.1) is 0 Å². The molecule has 3 amide bonds. The molecule has 0 aromatic heterocycles. The van der Waals surface area contributed by atoms with Gasteiger partial charge in [0.15, 0.2) is 0 Å². The van der Waals surface area contributed by atoms with Crippen molar-refractivity contribution in [3.63, 3.8) is 0 Å². The maximum Gasteiger partial charge on any atom is 0.404 e. The SMILES string of the molecule is CC1=CC[C@@H]([C@@H](C)/C=C(C)/C=C\C=C/C(=O)N[C@H](C(=O)N/C=C\C[C@H](C/C=C(\C)Cl)OC(N)=O)C(C)C)OC1=O. The highest BCUT2D eigenvalue weighted by Crippen LogP contribution is 2.22. The van der Waals surface area contributed by atoms with Crippen LogP contribution in [0.3, 0.4) is 0 Å². The number of allylic oxidation sites excluding steroid dienone is 5. The number of ether oxygens (including phenoxy) is 2. The van der Waals surface area contributed by atoms with Crippen LogP contribution >= 0.6 is 11.6 Å². The molecule has 1 aliphatic heterocycles. The highest BCUT2D eigenvalue weighted by atomic mass is 35.5. The number of esters is 1. The Morgan fingerprint density at radius 2 is 1.85 bits per heavy atom. The maximum absolute atomic E-state index is 12.7. The third kappa shape index (κ3) is 14.0. The lowest BCUT2D eigenvalue weighted by molar-refractivity contribution is -0.147. The summed E-state index contributed by atoms with van der Waals surface area (Å²) in [6.45, 7) is 11.0. The number of hydrogen-bond acceptors (Lipinski definition) is 6. The lowest BCUT2D eigenvalue weighted by atomic mass is 9.96. The minimum absolute atomic E-state index is 0.0397. The number of carbonyl (C=O) groups is 4. The summed E-state index contributed by atoms with van der Waals surface area (Å²) in [6, 6.07) is -0.761. The summed E-state index contributed by atoms with van der Waals surface area (Å²) in [4.78, 5) is 47.9. The fourth-order valence-electron chi connectivity index (χ4n) is 3.74. The molecule has 0 unspecified atom stereocenters. The van der Waals surface area contributed by atoms with Gasteiger partial charge in [-0.3, -0.25) is 9.59 Å². The molecule has 1 rings (SSSR count). The third-order valence-electron chi connectivity index (χ3n) is 6.00. The van der Waals surface area contributed by atoms with Crippen molar-refractivity contribution in [2.24, 2.45) is 17.6 Å². The van der Waals surface area contributed by atoms with E-state index in [0.29, 0.717) is 29.9 Å². The molecule has 220 valence electrons. The first-order chi connectivity index (χ1) is 18.8. The Balaban J connectivity index is 2.62. The summed E-state index contributed by atoms with van der Waals surface area (Å²) in [5.41, 5.74) is 6.70. The van der Waals surface area contributed by atoms with E-state index in [1.54, 1.807) is 38.2 Å². The number of nitrogens with two attached hydrogens (primary N) is 1. The third-order valence-corrected chi connectivity index (χ3v) is 6.16. The monoisotopic (exact) mass is 575 g/mol. The van der Waals surface area contributed by atoms with Gasteiger partial charge < -0.3 is 25.8 Å². The van der Waals surface area contributed by atoms with Gasteiger partial charge in [0.25, 0.3) is 0 Å². The Hall–Kier alpha value is -3.59. The molecule has 1 heterocycles. The zero-order valence-electron chi connectivity index (χ0n) is 24.1. The molecule has 0 saturated heterocycles. The van der Waals surface area contributed by atoms with E-state index >= 15 is 0 Å². The number of primary amides is 1. The first-order valence-electron chi connectivity index (χ1n) is 13.2. The van der Waals surface area contributed by atoms with Crippen molar-refractivity contribution in [3.05, 3.63) is 71.0 Å². The molecule has 0 saturated carbocycles. The quantitative estimate of drug-likeness (QED) is 0.150. The van der Waals surface area contributed by atoms with Gasteiger partial charge in [0.05, 0.1) is 0 Å². The van der Waals surface area contributed by atoms with E-state index in [9.17, 15) is 19.2 Å². The fraction of sp³-hybridized carbons (Fsp3) is 0.467. The average molecular weight is 576 g/mol. The molecule has 0 spiro atoms. The molecule has 4 atom stereocenters. The van der Waals surface area contributed by atoms with E-state index < -0.39 is 24.1 Å². The molecule has 10 heteroatoms. The van der Waals surface area contributed by atoms with Crippen LogP contribution in [0, 0.1) is 11.8 Å². The topological polar surface area (TPSA) is 137 Å². The number of carbonyl (C=O) groups excluding carboxylic acids is 4. The molecule has 4 N–H and O–H groups in total. The Labute approximate surface area is 242 Å². The number of cyclic esters (lactones) is 1. The Bertz CT molecular complexity index is 1080. The molecule has 0 aromatic rings. The summed E-state index contributed by atoms with van der Waals surface area (Å²) in [6.07, 6.45) is 15.0. The van der Waals surface area contributed by atoms with E-state index in [1.165, 1.54) is 12.3 Å². The lowest BCUT2D eigenvalue weighted by Crippen LogP contribution is -2.48. The zero-order valence-corrected chi connectivity index (χ0v) is 24.9. The molecular weight excluding hydrogens is 534 g/mol. The standard InChI is InChI=1S/C30H42ClN3O6/c1-19(2)27(28(36)33-17-9-11-24(39-30(32)38)15-14-23(6)31)34-26(35)12-8-7-10-20(3)18-22(5)25-16-13-21(4)29(37)40-25/h7-10,12-14,17-19,22,24-25,27H,11,15-16H2,1-6H3,(H2,32,38)(H,33,36)(H,34,35)/b10-7-,12-8-,17-9-,20-18+,23-14+/t22-,24+,25-,27-/m0/s1. The Morgan fingerprint density at radius 1 is 1.18 bits per heavy atom. The molecule has 0 fully saturated rings. The predicted molar refractivity (Wildman–Crippen MR) is 157 cm³/mol. The van der Waals surface area contributed by atoms with Crippen molar-refractivity contribution >= 4 is 35.5 Å². The van der Waals surface area contributed by atoms with Crippen LogP contribution < -0.4 is 16.4 Å². The van der Waals surface area contributed by atoms with Gasteiger partial charge in [0, 0.05) is 41.9 Å². The fourth-order valence-corrected chi connectivity index (χ4v) is 3.83. The predicted octanol–water partition coefficient (Wildman–Crippen LogP) is 5.10. The summed E-state index contributed by atoms with van der Waals surface area (Å²) < 4.78 is 10.5. The first kappa shape index (κ1) is 34.4. The van der Waals surface area contributed by atoms with Crippen LogP contribution in [0.25, 0.3) is 0 Å². The average Bonchev–Trinajstić information content (AvgIpc) is 2.86. The second-order valence-electron chi connectivity index (χ2n) is 10.0. The van der Waals surface area contributed by atoms with Crippen LogP contribution in [0.1, 0.15) is 60.8 Å². The number of nitrogens with one attached hydrogen (secondary N) is 2. The van der Waals surface area contributed by atoms with Crippen molar-refractivity contribution < 1.29 is 28.7 Å². The van der Waals surface area contributed by atoms with E-state index in [-0.39, 0.29) is 29.8 Å². The maximum atomic E-state index is 12.7. The van der Waals surface area contributed by atoms with Crippen LogP contribution in [0.2, 0.25) is 0 Å². The molecular formula is C30H42ClN3O6. The van der Waals surface area contributed by atoms with E-state index in [2.05, 4.69) is 10.6 Å². The second-order valence-corrected chi connectivity index (χ2v) is 10.6. The van der Waals surface area contributed by atoms with Gasteiger partial charge in [-0.2, -0.15) is 0 Å². The van der Waals surface area contributed by atoms with Crippen LogP contribution in [0.15, 0.2) is 71.0 Å². The van der Waals surface area contributed by atoms with Crippen molar-refractivity contribution in [2.75, 3.05) is 0 Å². The summed E-state index contributed by atoms with van der Waals surface area (Å²) in [5, 5.41) is 5.92. The van der Waals surface area contributed by atoms with Crippen LogP contribution in [0.4, 0.5) is 4.79 Å². The van der Waals surface area contributed by atoms with Gasteiger partial charge in [-0.05, 0) is 32.9 Å². The first-order valence-corrected chi connectivity index (χ1v) is 13.6. The van der Waals surface area contributed by atoms with Crippen LogP contribution in [0.5, 0.6) is 0 Å². The van der Waals surface area contributed by atoms with Crippen LogP contribution in [-0.4, -0.2) is 42.1 Å². The van der Waals surface area contributed by atoms with Crippen LogP contribution in [-0.2, 0) is 23.9 Å². The van der Waals surface area contributed by atoms with Gasteiger partial charge >= 0.3 is 12.1 Å².